The average molecular weight is 439 g/mol. The summed E-state index contributed by atoms with van der Waals surface area (Å²) in [4.78, 5) is 4.26. The minimum absolute atomic E-state index is 0. The van der Waals surface area contributed by atoms with Gasteiger partial charge in [0.2, 0.25) is 0 Å². The minimum Gasteiger partial charge on any atom is -0.494 e. The topological polar surface area (TPSA) is 45.7 Å². The van der Waals surface area contributed by atoms with Crippen molar-refractivity contribution in [1.82, 2.24) is 10.6 Å². The standard InChI is InChI=1S/C19H25N3O.HI/c1-16(17-10-5-3-6-11-17)22-19(20-2)21-14-9-15-23-18-12-7-4-8-13-18;/h3-8,10-13,16H,9,14-15H2,1-2H3,(H2,20,21,22);1H. The summed E-state index contributed by atoms with van der Waals surface area (Å²) < 4.78 is 5.67. The van der Waals surface area contributed by atoms with Crippen LogP contribution in [0.1, 0.15) is 24.9 Å². The van der Waals surface area contributed by atoms with Gasteiger partial charge < -0.3 is 15.4 Å². The number of aliphatic imine (C=N–C) groups is 1. The monoisotopic (exact) mass is 439 g/mol. The van der Waals surface area contributed by atoms with Gasteiger partial charge in [0.15, 0.2) is 5.96 Å². The van der Waals surface area contributed by atoms with Crippen LogP contribution in [0.3, 0.4) is 0 Å². The van der Waals surface area contributed by atoms with Gasteiger partial charge in [-0.2, -0.15) is 0 Å². The van der Waals surface area contributed by atoms with Crippen LogP contribution in [-0.4, -0.2) is 26.2 Å². The maximum Gasteiger partial charge on any atom is 0.191 e. The second-order valence-electron chi connectivity index (χ2n) is 5.29. The van der Waals surface area contributed by atoms with E-state index >= 15 is 0 Å². The van der Waals surface area contributed by atoms with Gasteiger partial charge in [-0.1, -0.05) is 48.5 Å². The van der Waals surface area contributed by atoms with Gasteiger partial charge in [0, 0.05) is 13.6 Å². The van der Waals surface area contributed by atoms with Crippen LogP contribution < -0.4 is 15.4 Å². The fraction of sp³-hybridized carbons (Fsp3) is 0.316. The Hall–Kier alpha value is -1.76. The van der Waals surface area contributed by atoms with Crippen LogP contribution in [0.2, 0.25) is 0 Å². The number of nitrogens with one attached hydrogen (secondary N) is 2. The Morgan fingerprint density at radius 1 is 1.04 bits per heavy atom. The number of guanidine groups is 1. The van der Waals surface area contributed by atoms with Crippen molar-refractivity contribution in [3.8, 4) is 5.75 Å². The molecule has 0 amide bonds. The zero-order valence-corrected chi connectivity index (χ0v) is 16.6. The molecule has 0 saturated carbocycles. The fourth-order valence-corrected chi connectivity index (χ4v) is 2.21. The summed E-state index contributed by atoms with van der Waals surface area (Å²) in [6, 6.07) is 20.4. The van der Waals surface area contributed by atoms with Gasteiger partial charge in [0.25, 0.3) is 0 Å². The molecule has 2 aromatic rings. The molecule has 0 bridgehead atoms. The molecule has 4 nitrogen and oxygen atoms in total. The number of hydrogen-bond acceptors (Lipinski definition) is 2. The summed E-state index contributed by atoms with van der Waals surface area (Å²) in [6.07, 6.45) is 0.912. The highest BCUT2D eigenvalue weighted by molar-refractivity contribution is 14.0. The molecule has 2 aromatic carbocycles. The molecule has 0 heterocycles. The van der Waals surface area contributed by atoms with Gasteiger partial charge in [-0.15, -0.1) is 24.0 Å². The Morgan fingerprint density at radius 2 is 1.67 bits per heavy atom. The summed E-state index contributed by atoms with van der Waals surface area (Å²) >= 11 is 0. The lowest BCUT2D eigenvalue weighted by Gasteiger charge is -2.18. The van der Waals surface area contributed by atoms with E-state index in [4.69, 9.17) is 4.74 Å². The number of benzene rings is 2. The van der Waals surface area contributed by atoms with Crippen molar-refractivity contribution in [2.24, 2.45) is 4.99 Å². The van der Waals surface area contributed by atoms with Crippen molar-refractivity contribution in [3.05, 3.63) is 66.2 Å². The first-order valence-corrected chi connectivity index (χ1v) is 7.99. The number of rotatable bonds is 7. The van der Waals surface area contributed by atoms with E-state index in [2.05, 4.69) is 34.7 Å². The largest absolute Gasteiger partial charge is 0.494 e. The molecule has 0 aromatic heterocycles. The third-order valence-corrected chi connectivity index (χ3v) is 3.50. The summed E-state index contributed by atoms with van der Waals surface area (Å²) in [7, 11) is 1.79. The number of halogens is 1. The van der Waals surface area contributed by atoms with E-state index in [-0.39, 0.29) is 30.0 Å². The molecule has 0 radical (unpaired) electrons. The fourth-order valence-electron chi connectivity index (χ4n) is 2.21. The molecular formula is C19H26IN3O. The molecule has 1 unspecified atom stereocenters. The highest BCUT2D eigenvalue weighted by Gasteiger charge is 2.06. The first kappa shape index (κ1) is 20.3. The van der Waals surface area contributed by atoms with E-state index in [1.807, 2.05) is 48.5 Å². The quantitative estimate of drug-likeness (QED) is 0.297. The first-order valence-electron chi connectivity index (χ1n) is 7.99. The van der Waals surface area contributed by atoms with Crippen molar-refractivity contribution in [3.63, 3.8) is 0 Å². The van der Waals surface area contributed by atoms with Crippen LogP contribution in [0, 0.1) is 0 Å². The Kier molecular flexibility index (Phi) is 9.91. The predicted molar refractivity (Wildman–Crippen MR) is 111 cm³/mol. The Labute approximate surface area is 161 Å². The van der Waals surface area contributed by atoms with Crippen LogP contribution in [0.4, 0.5) is 0 Å². The van der Waals surface area contributed by atoms with Crippen molar-refractivity contribution in [2.75, 3.05) is 20.2 Å². The maximum absolute atomic E-state index is 5.67. The summed E-state index contributed by atoms with van der Waals surface area (Å²) in [5.74, 6) is 1.72. The second kappa shape index (κ2) is 11.7. The molecule has 0 spiro atoms. The van der Waals surface area contributed by atoms with E-state index < -0.39 is 0 Å². The van der Waals surface area contributed by atoms with E-state index in [9.17, 15) is 0 Å². The molecule has 130 valence electrons. The van der Waals surface area contributed by atoms with Gasteiger partial charge >= 0.3 is 0 Å². The van der Waals surface area contributed by atoms with E-state index in [0.717, 1.165) is 24.7 Å². The SMILES string of the molecule is CN=C(NCCCOc1ccccc1)NC(C)c1ccccc1.I. The normalized spacial score (nSPS) is 12.0. The number of hydrogen-bond donors (Lipinski definition) is 2. The molecule has 1 atom stereocenters. The lowest BCUT2D eigenvalue weighted by molar-refractivity contribution is 0.311. The van der Waals surface area contributed by atoms with Gasteiger partial charge in [-0.05, 0) is 31.0 Å². The summed E-state index contributed by atoms with van der Waals surface area (Å²) in [5.41, 5.74) is 1.24. The minimum atomic E-state index is 0. The third-order valence-electron chi connectivity index (χ3n) is 3.50. The molecule has 0 saturated heterocycles. The molecule has 0 fully saturated rings. The van der Waals surface area contributed by atoms with Gasteiger partial charge in [0.05, 0.1) is 12.6 Å². The molecule has 2 rings (SSSR count). The number of nitrogens with zero attached hydrogens (tertiary/aromatic N) is 1. The van der Waals surface area contributed by atoms with Crippen LogP contribution in [0.15, 0.2) is 65.7 Å². The number of ether oxygens (including phenoxy) is 1. The third kappa shape index (κ3) is 7.21. The lowest BCUT2D eigenvalue weighted by Crippen LogP contribution is -2.39. The van der Waals surface area contributed by atoms with Crippen LogP contribution in [-0.2, 0) is 0 Å². The lowest BCUT2D eigenvalue weighted by atomic mass is 10.1. The summed E-state index contributed by atoms with van der Waals surface area (Å²) in [6.45, 7) is 3.62. The molecule has 24 heavy (non-hydrogen) atoms. The van der Waals surface area contributed by atoms with E-state index in [1.54, 1.807) is 7.05 Å². The Balaban J connectivity index is 0.00000288. The smallest absolute Gasteiger partial charge is 0.191 e. The van der Waals surface area contributed by atoms with E-state index in [1.165, 1.54) is 5.56 Å². The predicted octanol–water partition coefficient (Wildman–Crippen LogP) is 4.00. The van der Waals surface area contributed by atoms with Gasteiger partial charge in [0.1, 0.15) is 5.75 Å². The molecule has 5 heteroatoms. The van der Waals surface area contributed by atoms with Crippen molar-refractivity contribution >= 4 is 29.9 Å². The highest BCUT2D eigenvalue weighted by Crippen LogP contribution is 2.10. The van der Waals surface area contributed by atoms with Crippen LogP contribution in [0.5, 0.6) is 5.75 Å². The zero-order valence-electron chi connectivity index (χ0n) is 14.2. The van der Waals surface area contributed by atoms with E-state index in [0.29, 0.717) is 6.61 Å². The number of para-hydroxylation sites is 1. The molecule has 0 aliphatic heterocycles. The first-order chi connectivity index (χ1) is 11.3. The van der Waals surface area contributed by atoms with Gasteiger partial charge in [-0.25, -0.2) is 0 Å². The van der Waals surface area contributed by atoms with Crippen molar-refractivity contribution in [2.45, 2.75) is 19.4 Å². The van der Waals surface area contributed by atoms with Crippen LogP contribution >= 0.6 is 24.0 Å². The van der Waals surface area contributed by atoms with Crippen molar-refractivity contribution < 1.29 is 4.74 Å². The molecule has 0 aliphatic rings. The zero-order chi connectivity index (χ0) is 16.3. The molecule has 2 N–H and O–H groups in total. The Morgan fingerprint density at radius 3 is 2.29 bits per heavy atom. The van der Waals surface area contributed by atoms with Crippen molar-refractivity contribution in [1.29, 1.82) is 0 Å². The maximum atomic E-state index is 5.67. The molecular weight excluding hydrogens is 413 g/mol. The average Bonchev–Trinajstić information content (AvgIpc) is 2.62. The summed E-state index contributed by atoms with van der Waals surface area (Å²) in [5, 5.41) is 6.70. The highest BCUT2D eigenvalue weighted by atomic mass is 127. The Bertz CT molecular complexity index is 590. The second-order valence-corrected chi connectivity index (χ2v) is 5.29. The molecule has 0 aliphatic carbocycles. The van der Waals surface area contributed by atoms with Crippen LogP contribution in [0.25, 0.3) is 0 Å². The van der Waals surface area contributed by atoms with Gasteiger partial charge in [-0.3, -0.25) is 4.99 Å².